The molecule has 1 fully saturated rings. The third kappa shape index (κ3) is 3.74. The molecule has 2 aromatic rings. The van der Waals surface area contributed by atoms with Gasteiger partial charge in [0.05, 0.1) is 0 Å². The maximum absolute atomic E-state index is 12.2. The van der Waals surface area contributed by atoms with Crippen LogP contribution in [-0.2, 0) is 4.74 Å². The van der Waals surface area contributed by atoms with Crippen LogP contribution in [-0.4, -0.2) is 22.7 Å². The van der Waals surface area contributed by atoms with Gasteiger partial charge in [0, 0.05) is 29.1 Å². The Balaban J connectivity index is 1.83. The number of hydrogen-bond donors (Lipinski definition) is 2. The van der Waals surface area contributed by atoms with Gasteiger partial charge < -0.3 is 15.0 Å². The summed E-state index contributed by atoms with van der Waals surface area (Å²) >= 11 is 0. The first kappa shape index (κ1) is 16.9. The van der Waals surface area contributed by atoms with E-state index >= 15 is 0 Å². The van der Waals surface area contributed by atoms with E-state index < -0.39 is 5.60 Å². The quantitative estimate of drug-likeness (QED) is 0.812. The van der Waals surface area contributed by atoms with E-state index in [1.807, 2.05) is 20.8 Å². The molecule has 1 aliphatic rings. The fraction of sp³-hybridized carbons (Fsp3) is 0.550. The van der Waals surface area contributed by atoms with E-state index in [-0.39, 0.29) is 12.1 Å². The average Bonchev–Trinajstić information content (AvgIpc) is 2.88. The topological polar surface area (TPSA) is 54.1 Å². The third-order valence-electron chi connectivity index (χ3n) is 4.74. The van der Waals surface area contributed by atoms with Crippen molar-refractivity contribution in [2.24, 2.45) is 0 Å². The first-order chi connectivity index (χ1) is 11.3. The maximum atomic E-state index is 12.2. The van der Waals surface area contributed by atoms with Crippen LogP contribution in [0.1, 0.15) is 63.5 Å². The van der Waals surface area contributed by atoms with Crippen LogP contribution in [0.25, 0.3) is 10.9 Å². The molecule has 0 aliphatic heterocycles. The molecule has 130 valence electrons. The predicted molar refractivity (Wildman–Crippen MR) is 97.4 cm³/mol. The minimum atomic E-state index is -0.466. The van der Waals surface area contributed by atoms with Crippen LogP contribution in [0.3, 0.4) is 0 Å². The fourth-order valence-corrected chi connectivity index (χ4v) is 3.70. The van der Waals surface area contributed by atoms with Crippen LogP contribution in [0.2, 0.25) is 0 Å². The highest BCUT2D eigenvalue weighted by Crippen LogP contribution is 2.37. The Labute approximate surface area is 144 Å². The number of H-pyrrole nitrogens is 1. The van der Waals surface area contributed by atoms with Crippen molar-refractivity contribution in [3.05, 3.63) is 35.5 Å². The summed E-state index contributed by atoms with van der Waals surface area (Å²) in [4.78, 5) is 15.6. The molecule has 4 heteroatoms. The van der Waals surface area contributed by atoms with Crippen molar-refractivity contribution in [1.29, 1.82) is 0 Å². The Morgan fingerprint density at radius 2 is 2.00 bits per heavy atom. The molecule has 1 heterocycles. The van der Waals surface area contributed by atoms with Crippen LogP contribution in [0, 0.1) is 6.92 Å². The van der Waals surface area contributed by atoms with Gasteiger partial charge >= 0.3 is 6.09 Å². The Hall–Kier alpha value is -1.97. The van der Waals surface area contributed by atoms with E-state index in [2.05, 4.69) is 41.6 Å². The second kappa shape index (κ2) is 6.50. The Bertz CT molecular complexity index is 727. The van der Waals surface area contributed by atoms with Crippen LogP contribution < -0.4 is 5.32 Å². The van der Waals surface area contributed by atoms with Crippen molar-refractivity contribution in [3.8, 4) is 0 Å². The molecule has 1 saturated carbocycles. The number of hydrogen-bond acceptors (Lipinski definition) is 2. The predicted octanol–water partition coefficient (Wildman–Crippen LogP) is 5.03. The molecule has 0 unspecified atom stereocenters. The summed E-state index contributed by atoms with van der Waals surface area (Å²) in [5, 5.41) is 4.39. The van der Waals surface area contributed by atoms with Crippen molar-refractivity contribution in [1.82, 2.24) is 10.3 Å². The smallest absolute Gasteiger partial charge is 0.407 e. The summed E-state index contributed by atoms with van der Waals surface area (Å²) < 4.78 is 5.45. The Morgan fingerprint density at radius 1 is 1.25 bits per heavy atom. The lowest BCUT2D eigenvalue weighted by Gasteiger charge is -2.33. The van der Waals surface area contributed by atoms with Gasteiger partial charge in [0.25, 0.3) is 0 Å². The van der Waals surface area contributed by atoms with Gasteiger partial charge in [-0.1, -0.05) is 24.5 Å². The number of aryl methyl sites for hydroxylation is 1. The number of amides is 1. The van der Waals surface area contributed by atoms with Crippen LogP contribution in [0.15, 0.2) is 24.4 Å². The molecule has 2 atom stereocenters. The number of aromatic nitrogens is 1. The molecule has 4 nitrogen and oxygen atoms in total. The molecule has 0 saturated heterocycles. The second-order valence-corrected chi connectivity index (χ2v) is 7.94. The van der Waals surface area contributed by atoms with Crippen LogP contribution >= 0.6 is 0 Å². The average molecular weight is 328 g/mol. The molecule has 1 aromatic carbocycles. The van der Waals surface area contributed by atoms with Gasteiger partial charge in [0.15, 0.2) is 0 Å². The normalized spacial score (nSPS) is 21.7. The van der Waals surface area contributed by atoms with Gasteiger partial charge in [-0.25, -0.2) is 4.79 Å². The van der Waals surface area contributed by atoms with Crippen molar-refractivity contribution >= 4 is 17.0 Å². The second-order valence-electron chi connectivity index (χ2n) is 7.94. The van der Waals surface area contributed by atoms with E-state index in [0.29, 0.717) is 5.92 Å². The number of fused-ring (bicyclic) bond motifs is 1. The van der Waals surface area contributed by atoms with Gasteiger partial charge in [0.2, 0.25) is 0 Å². The third-order valence-corrected chi connectivity index (χ3v) is 4.74. The van der Waals surface area contributed by atoms with Gasteiger partial charge in [-0.15, -0.1) is 0 Å². The van der Waals surface area contributed by atoms with Gasteiger partial charge in [-0.2, -0.15) is 0 Å². The highest BCUT2D eigenvalue weighted by atomic mass is 16.6. The minimum Gasteiger partial charge on any atom is -0.444 e. The summed E-state index contributed by atoms with van der Waals surface area (Å²) in [7, 11) is 0. The molecular weight excluding hydrogens is 300 g/mol. The summed E-state index contributed by atoms with van der Waals surface area (Å²) in [5.74, 6) is 0.335. The standard InChI is InChI=1S/C20H28N2O2/c1-13-9-10-17-15(11-13)16(12-21-17)14-7-5-6-8-18(14)22-19(23)24-20(2,3)4/h9-12,14,18,21H,5-8H2,1-4H3,(H,22,23)/t14-,18-/m1/s1. The number of rotatable bonds is 2. The number of carbonyl (C=O) groups is 1. The van der Waals surface area contributed by atoms with E-state index in [9.17, 15) is 4.79 Å². The molecule has 0 bridgehead atoms. The van der Waals surface area contributed by atoms with Gasteiger partial charge in [-0.05, 0) is 58.2 Å². The molecule has 24 heavy (non-hydrogen) atoms. The highest BCUT2D eigenvalue weighted by molar-refractivity contribution is 5.84. The largest absolute Gasteiger partial charge is 0.444 e. The number of nitrogens with one attached hydrogen (secondary N) is 2. The monoisotopic (exact) mass is 328 g/mol. The summed E-state index contributed by atoms with van der Waals surface area (Å²) in [6, 6.07) is 6.63. The first-order valence-electron chi connectivity index (χ1n) is 8.90. The molecule has 0 radical (unpaired) electrons. The zero-order valence-corrected chi connectivity index (χ0v) is 15.1. The van der Waals surface area contributed by atoms with E-state index in [1.165, 1.54) is 22.9 Å². The zero-order chi connectivity index (χ0) is 17.3. The summed E-state index contributed by atoms with van der Waals surface area (Å²) in [5.41, 5.74) is 3.27. The minimum absolute atomic E-state index is 0.133. The lowest BCUT2D eigenvalue weighted by atomic mass is 9.80. The molecule has 2 N–H and O–H groups in total. The number of carbonyl (C=O) groups excluding carboxylic acids is 1. The van der Waals surface area contributed by atoms with Crippen LogP contribution in [0.4, 0.5) is 4.79 Å². The Morgan fingerprint density at radius 3 is 2.75 bits per heavy atom. The van der Waals surface area contributed by atoms with Crippen LogP contribution in [0.5, 0.6) is 0 Å². The zero-order valence-electron chi connectivity index (χ0n) is 15.1. The number of benzene rings is 1. The highest BCUT2D eigenvalue weighted by Gasteiger charge is 2.30. The van der Waals surface area contributed by atoms with Crippen molar-refractivity contribution in [2.75, 3.05) is 0 Å². The molecule has 3 rings (SSSR count). The number of alkyl carbamates (subject to hydrolysis) is 1. The Kier molecular flexibility index (Phi) is 4.57. The molecule has 0 spiro atoms. The first-order valence-corrected chi connectivity index (χ1v) is 8.90. The summed E-state index contributed by atoms with van der Waals surface area (Å²) in [6.07, 6.45) is 6.26. The SMILES string of the molecule is Cc1ccc2[nH]cc([C@H]3CCCC[C@H]3NC(=O)OC(C)(C)C)c2c1. The molecule has 1 aromatic heterocycles. The molecule has 1 aliphatic carbocycles. The van der Waals surface area contributed by atoms with E-state index in [1.54, 1.807) is 0 Å². The lowest BCUT2D eigenvalue weighted by molar-refractivity contribution is 0.0485. The number of ether oxygens (including phenoxy) is 1. The maximum Gasteiger partial charge on any atom is 0.407 e. The van der Waals surface area contributed by atoms with Gasteiger partial charge in [-0.3, -0.25) is 0 Å². The van der Waals surface area contributed by atoms with Crippen molar-refractivity contribution in [2.45, 2.75) is 70.9 Å². The number of aromatic amines is 1. The van der Waals surface area contributed by atoms with Gasteiger partial charge in [0.1, 0.15) is 5.60 Å². The van der Waals surface area contributed by atoms with E-state index in [4.69, 9.17) is 4.74 Å². The summed E-state index contributed by atoms with van der Waals surface area (Å²) in [6.45, 7) is 7.81. The fourth-order valence-electron chi connectivity index (χ4n) is 3.70. The van der Waals surface area contributed by atoms with E-state index in [0.717, 1.165) is 24.8 Å². The molecular formula is C20H28N2O2. The lowest BCUT2D eigenvalue weighted by Crippen LogP contribution is -2.43. The van der Waals surface area contributed by atoms with Crippen molar-refractivity contribution < 1.29 is 9.53 Å². The van der Waals surface area contributed by atoms with Crippen molar-refractivity contribution in [3.63, 3.8) is 0 Å². The molecule has 1 amide bonds.